The first kappa shape index (κ1) is 22.0. The van der Waals surface area contributed by atoms with Gasteiger partial charge in [0, 0.05) is 48.4 Å². The molecule has 1 atom stereocenters. The molecule has 0 unspecified atom stereocenters. The van der Waals surface area contributed by atoms with Gasteiger partial charge in [0.2, 0.25) is 0 Å². The number of hydrogen-bond acceptors (Lipinski definition) is 8. The van der Waals surface area contributed by atoms with Gasteiger partial charge < -0.3 is 24.8 Å². The SMILES string of the molecule is COC1(c2nc(-c3ccc4c(c3OC3CCC3)CC[C@H](C)N4)cs2)CNC1.COC=O. The molecule has 31 heavy (non-hydrogen) atoms. The van der Waals surface area contributed by atoms with E-state index in [1.54, 1.807) is 18.4 Å². The second-order valence-electron chi connectivity index (χ2n) is 8.39. The molecule has 2 aliphatic heterocycles. The zero-order valence-electron chi connectivity index (χ0n) is 18.4. The highest BCUT2D eigenvalue weighted by Gasteiger charge is 2.42. The summed E-state index contributed by atoms with van der Waals surface area (Å²) in [7, 11) is 3.09. The Bertz CT molecular complexity index is 903. The Hall–Kier alpha value is -2.16. The minimum atomic E-state index is -0.261. The lowest BCUT2D eigenvalue weighted by molar-refractivity contribution is -0.126. The van der Waals surface area contributed by atoms with E-state index in [0.717, 1.165) is 60.8 Å². The smallest absolute Gasteiger partial charge is 0.292 e. The molecule has 2 fully saturated rings. The first-order valence-corrected chi connectivity index (χ1v) is 11.8. The van der Waals surface area contributed by atoms with Crippen molar-refractivity contribution in [1.82, 2.24) is 10.3 Å². The number of methoxy groups -OCH3 is 2. The number of benzene rings is 1. The lowest BCUT2D eigenvalue weighted by Crippen LogP contribution is -2.57. The van der Waals surface area contributed by atoms with Crippen molar-refractivity contribution in [3.63, 3.8) is 0 Å². The van der Waals surface area contributed by atoms with Gasteiger partial charge in [-0.15, -0.1) is 11.3 Å². The number of nitrogens with zero attached hydrogens (tertiary/aromatic N) is 1. The van der Waals surface area contributed by atoms with Crippen molar-refractivity contribution in [2.45, 2.75) is 56.8 Å². The van der Waals surface area contributed by atoms with Crippen LogP contribution in [0.3, 0.4) is 0 Å². The van der Waals surface area contributed by atoms with E-state index >= 15 is 0 Å². The molecule has 7 nitrogen and oxygen atoms in total. The van der Waals surface area contributed by atoms with Crippen molar-refractivity contribution in [1.29, 1.82) is 0 Å². The molecule has 3 aliphatic rings. The Morgan fingerprint density at radius 2 is 2.00 bits per heavy atom. The average molecular weight is 446 g/mol. The highest BCUT2D eigenvalue weighted by atomic mass is 32.1. The predicted molar refractivity (Wildman–Crippen MR) is 122 cm³/mol. The van der Waals surface area contributed by atoms with Crippen LogP contribution in [-0.4, -0.2) is 50.9 Å². The summed E-state index contributed by atoms with van der Waals surface area (Å²) in [5, 5.41) is 10.1. The number of carbonyl (C=O) groups excluding carboxylic acids is 1. The maximum absolute atomic E-state index is 8.95. The van der Waals surface area contributed by atoms with Gasteiger partial charge in [0.25, 0.3) is 6.47 Å². The van der Waals surface area contributed by atoms with Gasteiger partial charge in [0.15, 0.2) is 0 Å². The molecule has 1 aromatic heterocycles. The van der Waals surface area contributed by atoms with Crippen LogP contribution in [0, 0.1) is 0 Å². The molecule has 1 saturated heterocycles. The van der Waals surface area contributed by atoms with Gasteiger partial charge in [0.1, 0.15) is 16.4 Å². The number of anilines is 1. The molecule has 168 valence electrons. The molecular weight excluding hydrogens is 414 g/mol. The molecule has 3 heterocycles. The van der Waals surface area contributed by atoms with E-state index in [1.807, 2.05) is 0 Å². The van der Waals surface area contributed by atoms with Crippen molar-refractivity contribution in [3.05, 3.63) is 28.1 Å². The third-order valence-corrected chi connectivity index (χ3v) is 7.33. The van der Waals surface area contributed by atoms with Gasteiger partial charge in [-0.3, -0.25) is 4.79 Å². The second kappa shape index (κ2) is 9.54. The highest BCUT2D eigenvalue weighted by Crippen LogP contribution is 2.44. The standard InChI is InChI=1S/C21H27N3O2S.C2H4O2/c1-13-6-7-15-17(23-13)9-8-16(19(15)26-14-4-3-5-14)18-10-27-20(24-18)21(25-2)11-22-12-21;1-4-2-3/h8-10,13-14,22-23H,3-7,11-12H2,1-2H3;2H,1H3/t13-;/m0./s1. The number of rotatable bonds is 6. The van der Waals surface area contributed by atoms with E-state index in [2.05, 4.69) is 39.8 Å². The largest absolute Gasteiger partial charge is 0.489 e. The number of nitrogens with one attached hydrogen (secondary N) is 2. The third kappa shape index (κ3) is 4.42. The fourth-order valence-corrected chi connectivity index (χ4v) is 5.04. The number of thiazole rings is 1. The second-order valence-corrected chi connectivity index (χ2v) is 9.25. The van der Waals surface area contributed by atoms with Crippen LogP contribution in [0.5, 0.6) is 5.75 Å². The van der Waals surface area contributed by atoms with Crippen molar-refractivity contribution >= 4 is 23.5 Å². The first-order valence-electron chi connectivity index (χ1n) is 10.9. The summed E-state index contributed by atoms with van der Waals surface area (Å²) in [6.07, 6.45) is 6.14. The number of carbonyl (C=O) groups is 1. The van der Waals surface area contributed by atoms with E-state index in [-0.39, 0.29) is 5.60 Å². The minimum absolute atomic E-state index is 0.261. The van der Waals surface area contributed by atoms with Gasteiger partial charge in [-0.25, -0.2) is 4.98 Å². The molecule has 1 aliphatic carbocycles. The summed E-state index contributed by atoms with van der Waals surface area (Å²) < 4.78 is 16.2. The Morgan fingerprint density at radius 1 is 1.23 bits per heavy atom. The third-order valence-electron chi connectivity index (χ3n) is 6.30. The van der Waals surface area contributed by atoms with Gasteiger partial charge >= 0.3 is 0 Å². The highest BCUT2D eigenvalue weighted by molar-refractivity contribution is 7.10. The molecular formula is C23H31N3O4S. The Balaban J connectivity index is 0.000000535. The first-order chi connectivity index (χ1) is 15.1. The summed E-state index contributed by atoms with van der Waals surface area (Å²) in [5.74, 6) is 1.05. The van der Waals surface area contributed by atoms with E-state index in [9.17, 15) is 0 Å². The van der Waals surface area contributed by atoms with Crippen molar-refractivity contribution in [3.8, 4) is 17.0 Å². The summed E-state index contributed by atoms with van der Waals surface area (Å²) in [5.41, 5.74) is 4.41. The fourth-order valence-electron chi connectivity index (χ4n) is 4.04. The molecule has 0 bridgehead atoms. The quantitative estimate of drug-likeness (QED) is 0.656. The zero-order chi connectivity index (χ0) is 21.8. The summed E-state index contributed by atoms with van der Waals surface area (Å²) >= 11 is 1.69. The minimum Gasteiger partial charge on any atom is -0.489 e. The Labute approximate surface area is 187 Å². The summed E-state index contributed by atoms with van der Waals surface area (Å²) in [4.78, 5) is 13.9. The number of fused-ring (bicyclic) bond motifs is 1. The number of ether oxygens (including phenoxy) is 3. The van der Waals surface area contributed by atoms with Gasteiger partial charge in [-0.1, -0.05) is 0 Å². The molecule has 8 heteroatoms. The molecule has 5 rings (SSSR count). The predicted octanol–water partition coefficient (Wildman–Crippen LogP) is 3.72. The molecule has 2 N–H and O–H groups in total. The lowest BCUT2D eigenvalue weighted by atomic mass is 9.93. The molecule has 2 aromatic rings. The Morgan fingerprint density at radius 3 is 2.58 bits per heavy atom. The summed E-state index contributed by atoms with van der Waals surface area (Å²) in [6.45, 7) is 4.27. The van der Waals surface area contributed by atoms with Gasteiger partial charge in [-0.05, 0) is 51.2 Å². The van der Waals surface area contributed by atoms with Crippen LogP contribution in [0.15, 0.2) is 17.5 Å². The zero-order valence-corrected chi connectivity index (χ0v) is 19.2. The average Bonchev–Trinajstić information content (AvgIpc) is 3.20. The molecule has 1 saturated carbocycles. The van der Waals surface area contributed by atoms with Crippen LogP contribution in [0.2, 0.25) is 0 Å². The van der Waals surface area contributed by atoms with Crippen LogP contribution in [-0.2, 0) is 26.3 Å². The number of hydrogen-bond donors (Lipinski definition) is 2. The van der Waals surface area contributed by atoms with E-state index in [4.69, 9.17) is 19.3 Å². The van der Waals surface area contributed by atoms with Crippen LogP contribution < -0.4 is 15.4 Å². The normalized spacial score (nSPS) is 21.3. The Kier molecular flexibility index (Phi) is 6.79. The van der Waals surface area contributed by atoms with Crippen LogP contribution >= 0.6 is 11.3 Å². The van der Waals surface area contributed by atoms with Crippen molar-refractivity contribution < 1.29 is 19.0 Å². The molecule has 0 amide bonds. The lowest BCUT2D eigenvalue weighted by Gasteiger charge is -2.39. The van der Waals surface area contributed by atoms with Crippen LogP contribution in [0.25, 0.3) is 11.3 Å². The summed E-state index contributed by atoms with van der Waals surface area (Å²) in [6, 6.07) is 4.89. The van der Waals surface area contributed by atoms with Gasteiger partial charge in [-0.2, -0.15) is 0 Å². The van der Waals surface area contributed by atoms with E-state index in [0.29, 0.717) is 18.6 Å². The van der Waals surface area contributed by atoms with E-state index < -0.39 is 0 Å². The maximum Gasteiger partial charge on any atom is 0.292 e. The van der Waals surface area contributed by atoms with Crippen LogP contribution in [0.1, 0.15) is 43.2 Å². The molecule has 0 radical (unpaired) electrons. The maximum atomic E-state index is 8.95. The molecule has 0 spiro atoms. The van der Waals surface area contributed by atoms with Crippen molar-refractivity contribution in [2.75, 3.05) is 32.6 Å². The monoisotopic (exact) mass is 445 g/mol. The van der Waals surface area contributed by atoms with E-state index in [1.165, 1.54) is 24.8 Å². The topological polar surface area (TPSA) is 81.7 Å². The van der Waals surface area contributed by atoms with Crippen LogP contribution in [0.4, 0.5) is 5.69 Å². The molecule has 1 aromatic carbocycles. The number of aromatic nitrogens is 1. The fraction of sp³-hybridized carbons (Fsp3) is 0.565. The van der Waals surface area contributed by atoms with Gasteiger partial charge in [0.05, 0.1) is 18.9 Å². The van der Waals surface area contributed by atoms with Crippen molar-refractivity contribution in [2.24, 2.45) is 0 Å².